The number of esters is 1. The summed E-state index contributed by atoms with van der Waals surface area (Å²) in [6, 6.07) is 5.60. The first-order valence-electron chi connectivity index (χ1n) is 5.90. The molecule has 0 saturated heterocycles. The van der Waals surface area contributed by atoms with Gasteiger partial charge in [0.2, 0.25) is 0 Å². The lowest BCUT2D eigenvalue weighted by atomic mass is 10.3. The van der Waals surface area contributed by atoms with Crippen molar-refractivity contribution in [3.8, 4) is 0 Å². The predicted octanol–water partition coefficient (Wildman–Crippen LogP) is 2.51. The Kier molecular flexibility index (Phi) is 4.35. The average Bonchev–Trinajstić information content (AvgIpc) is 2.79. The summed E-state index contributed by atoms with van der Waals surface area (Å²) >= 11 is 1.30. The van der Waals surface area contributed by atoms with E-state index in [1.807, 2.05) is 12.1 Å². The average molecular weight is 277 g/mol. The fourth-order valence-electron chi connectivity index (χ4n) is 1.54. The van der Waals surface area contributed by atoms with Crippen LogP contribution in [0.4, 0.5) is 10.7 Å². The number of nitrogen functional groups attached to an aromatic ring is 1. The quantitative estimate of drug-likeness (QED) is 0.821. The number of carbonyl (C=O) groups excluding carboxylic acids is 1. The third-order valence-corrected chi connectivity index (χ3v) is 3.53. The van der Waals surface area contributed by atoms with E-state index in [-0.39, 0.29) is 5.97 Å². The molecule has 100 valence electrons. The Balaban J connectivity index is 2.02. The van der Waals surface area contributed by atoms with Gasteiger partial charge in [0.05, 0.1) is 17.3 Å². The van der Waals surface area contributed by atoms with Crippen molar-refractivity contribution in [3.05, 3.63) is 41.0 Å². The molecule has 0 aliphatic carbocycles. The number of nitrogens with one attached hydrogen (secondary N) is 1. The highest BCUT2D eigenvalue weighted by Gasteiger charge is 2.15. The largest absolute Gasteiger partial charge is 0.462 e. The van der Waals surface area contributed by atoms with Crippen LogP contribution in [0.25, 0.3) is 0 Å². The third kappa shape index (κ3) is 3.45. The van der Waals surface area contributed by atoms with Crippen molar-refractivity contribution in [2.24, 2.45) is 0 Å². The summed E-state index contributed by atoms with van der Waals surface area (Å²) in [5.41, 5.74) is 7.36. The summed E-state index contributed by atoms with van der Waals surface area (Å²) in [5, 5.41) is 4.07. The number of nitrogens with two attached hydrogens (primary N) is 1. The number of rotatable bonds is 5. The Bertz CT molecular complexity index is 554. The van der Waals surface area contributed by atoms with Crippen LogP contribution in [0, 0.1) is 0 Å². The van der Waals surface area contributed by atoms with Gasteiger partial charge in [-0.15, -0.1) is 11.3 Å². The fourth-order valence-corrected chi connectivity index (χ4v) is 2.41. The molecule has 2 heterocycles. The van der Waals surface area contributed by atoms with Crippen LogP contribution in [0.2, 0.25) is 0 Å². The maximum absolute atomic E-state index is 11.6. The van der Waals surface area contributed by atoms with Crippen molar-refractivity contribution in [1.29, 1.82) is 0 Å². The summed E-state index contributed by atoms with van der Waals surface area (Å²) in [7, 11) is 0. The van der Waals surface area contributed by atoms with Crippen molar-refractivity contribution in [1.82, 2.24) is 4.98 Å². The van der Waals surface area contributed by atoms with E-state index in [9.17, 15) is 4.79 Å². The third-order valence-electron chi connectivity index (χ3n) is 2.44. The Morgan fingerprint density at radius 2 is 2.21 bits per heavy atom. The molecule has 2 aromatic rings. The van der Waals surface area contributed by atoms with E-state index in [0.717, 1.165) is 10.6 Å². The van der Waals surface area contributed by atoms with Gasteiger partial charge in [0.1, 0.15) is 4.88 Å². The fraction of sp³-hybridized carbons (Fsp3) is 0.231. The van der Waals surface area contributed by atoms with Crippen LogP contribution in [-0.2, 0) is 11.3 Å². The second-order valence-electron chi connectivity index (χ2n) is 3.82. The minimum absolute atomic E-state index is 0.343. The number of hydrogen-bond donors (Lipinski definition) is 2. The molecule has 6 heteroatoms. The van der Waals surface area contributed by atoms with E-state index in [2.05, 4.69) is 10.3 Å². The second kappa shape index (κ2) is 6.19. The van der Waals surface area contributed by atoms with Gasteiger partial charge in [0, 0.05) is 18.9 Å². The van der Waals surface area contributed by atoms with Crippen LogP contribution in [0.1, 0.15) is 22.2 Å². The van der Waals surface area contributed by atoms with Crippen LogP contribution < -0.4 is 11.1 Å². The molecule has 0 amide bonds. The molecule has 5 nitrogen and oxygen atoms in total. The Morgan fingerprint density at radius 1 is 1.47 bits per heavy atom. The lowest BCUT2D eigenvalue weighted by molar-refractivity contribution is 0.0533. The summed E-state index contributed by atoms with van der Waals surface area (Å²) in [6.45, 7) is 2.77. The zero-order valence-electron chi connectivity index (χ0n) is 10.6. The SMILES string of the molecule is CCOC(=O)c1sc(NCc2ccncc2)cc1N. The number of aromatic nitrogens is 1. The highest BCUT2D eigenvalue weighted by Crippen LogP contribution is 2.30. The number of nitrogens with zero attached hydrogens (tertiary/aromatic N) is 1. The van der Waals surface area contributed by atoms with Crippen molar-refractivity contribution < 1.29 is 9.53 Å². The Labute approximate surface area is 115 Å². The molecule has 0 fully saturated rings. The molecule has 0 atom stereocenters. The molecule has 19 heavy (non-hydrogen) atoms. The minimum atomic E-state index is -0.373. The highest BCUT2D eigenvalue weighted by atomic mass is 32.1. The lowest BCUT2D eigenvalue weighted by Crippen LogP contribution is -2.04. The van der Waals surface area contributed by atoms with E-state index < -0.39 is 0 Å². The normalized spacial score (nSPS) is 10.2. The first-order valence-corrected chi connectivity index (χ1v) is 6.71. The molecular formula is C13H15N3O2S. The lowest BCUT2D eigenvalue weighted by Gasteiger charge is -2.02. The Morgan fingerprint density at radius 3 is 2.89 bits per heavy atom. The predicted molar refractivity (Wildman–Crippen MR) is 76.3 cm³/mol. The molecular weight excluding hydrogens is 262 g/mol. The van der Waals surface area contributed by atoms with Gasteiger partial charge >= 0.3 is 5.97 Å². The monoisotopic (exact) mass is 277 g/mol. The minimum Gasteiger partial charge on any atom is -0.462 e. The number of carbonyl (C=O) groups is 1. The van der Waals surface area contributed by atoms with Crippen molar-refractivity contribution in [2.75, 3.05) is 17.7 Å². The van der Waals surface area contributed by atoms with Crippen LogP contribution in [0.15, 0.2) is 30.6 Å². The van der Waals surface area contributed by atoms with Gasteiger partial charge in [-0.05, 0) is 30.7 Å². The smallest absolute Gasteiger partial charge is 0.350 e. The maximum atomic E-state index is 11.6. The first-order chi connectivity index (χ1) is 9.20. The Hall–Kier alpha value is -2.08. The zero-order valence-corrected chi connectivity index (χ0v) is 11.4. The van der Waals surface area contributed by atoms with Gasteiger partial charge in [0.25, 0.3) is 0 Å². The molecule has 0 aliphatic heterocycles. The summed E-state index contributed by atoms with van der Waals surface area (Å²) < 4.78 is 4.94. The van der Waals surface area contributed by atoms with E-state index in [4.69, 9.17) is 10.5 Å². The van der Waals surface area contributed by atoms with Gasteiger partial charge in [-0.2, -0.15) is 0 Å². The van der Waals surface area contributed by atoms with Crippen LogP contribution in [-0.4, -0.2) is 17.6 Å². The molecule has 3 N–H and O–H groups in total. The van der Waals surface area contributed by atoms with Gasteiger partial charge in [-0.25, -0.2) is 4.79 Å². The number of ether oxygens (including phenoxy) is 1. The molecule has 0 spiro atoms. The molecule has 0 bridgehead atoms. The molecule has 0 radical (unpaired) electrons. The molecule has 2 aromatic heterocycles. The number of anilines is 2. The molecule has 0 unspecified atom stereocenters. The van der Waals surface area contributed by atoms with Crippen LogP contribution >= 0.6 is 11.3 Å². The van der Waals surface area contributed by atoms with E-state index in [0.29, 0.717) is 23.7 Å². The standard InChI is InChI=1S/C13H15N3O2S/c1-2-18-13(17)12-10(14)7-11(19-12)16-8-9-3-5-15-6-4-9/h3-7,16H,2,8,14H2,1H3. The van der Waals surface area contributed by atoms with Crippen molar-refractivity contribution in [3.63, 3.8) is 0 Å². The van der Waals surface area contributed by atoms with Crippen molar-refractivity contribution >= 4 is 28.0 Å². The maximum Gasteiger partial charge on any atom is 0.350 e. The number of hydrogen-bond acceptors (Lipinski definition) is 6. The van der Waals surface area contributed by atoms with Gasteiger partial charge in [-0.3, -0.25) is 4.98 Å². The number of thiophene rings is 1. The molecule has 2 rings (SSSR count). The summed E-state index contributed by atoms with van der Waals surface area (Å²) in [5.74, 6) is -0.373. The zero-order chi connectivity index (χ0) is 13.7. The van der Waals surface area contributed by atoms with Gasteiger partial charge in [-0.1, -0.05) is 0 Å². The highest BCUT2D eigenvalue weighted by molar-refractivity contribution is 7.18. The van der Waals surface area contributed by atoms with Gasteiger partial charge < -0.3 is 15.8 Å². The molecule has 0 aromatic carbocycles. The molecule has 0 aliphatic rings. The summed E-state index contributed by atoms with van der Waals surface area (Å²) in [6.07, 6.45) is 3.48. The van der Waals surface area contributed by atoms with E-state index in [1.54, 1.807) is 25.4 Å². The van der Waals surface area contributed by atoms with Crippen LogP contribution in [0.5, 0.6) is 0 Å². The summed E-state index contributed by atoms with van der Waals surface area (Å²) in [4.78, 5) is 16.0. The first kappa shape index (κ1) is 13.4. The van der Waals surface area contributed by atoms with E-state index in [1.165, 1.54) is 11.3 Å². The number of pyridine rings is 1. The van der Waals surface area contributed by atoms with E-state index >= 15 is 0 Å². The van der Waals surface area contributed by atoms with Crippen molar-refractivity contribution in [2.45, 2.75) is 13.5 Å². The second-order valence-corrected chi connectivity index (χ2v) is 4.88. The van der Waals surface area contributed by atoms with Crippen LogP contribution in [0.3, 0.4) is 0 Å². The van der Waals surface area contributed by atoms with Gasteiger partial charge in [0.15, 0.2) is 0 Å². The molecule has 0 saturated carbocycles. The topological polar surface area (TPSA) is 77.2 Å².